The van der Waals surface area contributed by atoms with E-state index in [1.165, 1.54) is 0 Å². The molecule has 0 amide bonds. The van der Waals surface area contributed by atoms with Gasteiger partial charge in [-0.15, -0.1) is 10.2 Å². The van der Waals surface area contributed by atoms with Gasteiger partial charge in [0.15, 0.2) is 0 Å². The molecule has 0 aromatic carbocycles. The second-order valence-corrected chi connectivity index (χ2v) is 5.43. The average molecular weight is 273 g/mol. The largest absolute Gasteiger partial charge is 0.419 e. The van der Waals surface area contributed by atoms with E-state index >= 15 is 0 Å². The van der Waals surface area contributed by atoms with Crippen molar-refractivity contribution in [2.24, 2.45) is 0 Å². The molecule has 0 radical (unpaired) electrons. The molecule has 0 bridgehead atoms. The highest BCUT2D eigenvalue weighted by atomic mass is 16.5. The minimum absolute atomic E-state index is 0.318. The van der Waals surface area contributed by atoms with E-state index < -0.39 is 0 Å². The van der Waals surface area contributed by atoms with Gasteiger partial charge in [0.05, 0.1) is 0 Å². The van der Waals surface area contributed by atoms with Crippen LogP contribution in [0.5, 0.6) is 0 Å². The number of hydrogen-bond acceptors (Lipinski definition) is 5. The van der Waals surface area contributed by atoms with E-state index in [1.807, 2.05) is 18.2 Å². The number of pyridine rings is 1. The lowest BCUT2D eigenvalue weighted by molar-refractivity contribution is 0.0795. The third-order valence-electron chi connectivity index (χ3n) is 3.59. The fraction of sp³-hybridized carbons (Fsp3) is 0.533. The van der Waals surface area contributed by atoms with Gasteiger partial charge < -0.3 is 9.15 Å². The van der Waals surface area contributed by atoms with Crippen molar-refractivity contribution in [1.29, 1.82) is 0 Å². The summed E-state index contributed by atoms with van der Waals surface area (Å²) in [4.78, 5) is 4.58. The predicted molar refractivity (Wildman–Crippen MR) is 74.4 cm³/mol. The van der Waals surface area contributed by atoms with Crippen LogP contribution < -0.4 is 0 Å². The highest BCUT2D eigenvalue weighted by Crippen LogP contribution is 2.28. The Bertz CT molecular complexity index is 574. The Kier molecular flexibility index (Phi) is 3.78. The van der Waals surface area contributed by atoms with Gasteiger partial charge in [0.25, 0.3) is 5.89 Å². The maximum atomic E-state index is 5.80. The molecule has 2 aromatic rings. The molecule has 1 saturated heterocycles. The summed E-state index contributed by atoms with van der Waals surface area (Å²) in [6.45, 7) is 5.77. The Morgan fingerprint density at radius 1 is 1.15 bits per heavy atom. The zero-order valence-corrected chi connectivity index (χ0v) is 11.9. The number of aromatic nitrogens is 3. The van der Waals surface area contributed by atoms with Crippen LogP contribution in [0.15, 0.2) is 22.6 Å². The lowest BCUT2D eigenvalue weighted by atomic mass is 10.0. The number of rotatable bonds is 3. The maximum absolute atomic E-state index is 5.80. The van der Waals surface area contributed by atoms with Gasteiger partial charge in [0.1, 0.15) is 5.69 Å². The standard InChI is InChI=1S/C15H19N3O2/c1-10(2)12-4-3-5-13(16-12)15-18-17-14(20-15)11-6-8-19-9-7-11/h3-5,10-11H,6-9H2,1-2H3. The first-order chi connectivity index (χ1) is 9.74. The van der Waals surface area contributed by atoms with E-state index in [1.54, 1.807) is 0 Å². The highest BCUT2D eigenvalue weighted by Gasteiger charge is 2.22. The van der Waals surface area contributed by atoms with Crippen LogP contribution in [0.2, 0.25) is 0 Å². The maximum Gasteiger partial charge on any atom is 0.266 e. The first kappa shape index (κ1) is 13.2. The summed E-state index contributed by atoms with van der Waals surface area (Å²) in [6.07, 6.45) is 1.89. The summed E-state index contributed by atoms with van der Waals surface area (Å²) in [7, 11) is 0. The Labute approximate surface area is 118 Å². The topological polar surface area (TPSA) is 61.0 Å². The molecule has 3 heterocycles. The predicted octanol–water partition coefficient (Wildman–Crippen LogP) is 3.15. The molecule has 1 aliphatic heterocycles. The molecule has 1 aliphatic rings. The fourth-order valence-corrected chi connectivity index (χ4v) is 2.34. The zero-order valence-electron chi connectivity index (χ0n) is 11.9. The van der Waals surface area contributed by atoms with Crippen molar-refractivity contribution in [2.45, 2.75) is 38.5 Å². The van der Waals surface area contributed by atoms with Crippen molar-refractivity contribution in [3.05, 3.63) is 29.8 Å². The van der Waals surface area contributed by atoms with Crippen molar-refractivity contribution in [2.75, 3.05) is 13.2 Å². The highest BCUT2D eigenvalue weighted by molar-refractivity contribution is 5.46. The SMILES string of the molecule is CC(C)c1cccc(-c2nnc(C3CCOCC3)o2)n1. The molecule has 106 valence electrons. The number of nitrogens with zero attached hydrogens (tertiary/aromatic N) is 3. The van der Waals surface area contributed by atoms with Crippen LogP contribution in [0, 0.1) is 0 Å². The van der Waals surface area contributed by atoms with Gasteiger partial charge in [-0.1, -0.05) is 19.9 Å². The van der Waals surface area contributed by atoms with E-state index in [2.05, 4.69) is 29.0 Å². The van der Waals surface area contributed by atoms with Crippen LogP contribution in [0.3, 0.4) is 0 Å². The molecule has 1 fully saturated rings. The quantitative estimate of drug-likeness (QED) is 0.859. The van der Waals surface area contributed by atoms with Crippen molar-refractivity contribution >= 4 is 0 Å². The summed E-state index contributed by atoms with van der Waals surface area (Å²) < 4.78 is 11.2. The average Bonchev–Trinajstić information content (AvgIpc) is 2.98. The van der Waals surface area contributed by atoms with Gasteiger partial charge in [-0.2, -0.15) is 0 Å². The van der Waals surface area contributed by atoms with E-state index in [0.29, 0.717) is 23.6 Å². The first-order valence-electron chi connectivity index (χ1n) is 7.12. The number of hydrogen-bond donors (Lipinski definition) is 0. The Morgan fingerprint density at radius 2 is 1.95 bits per heavy atom. The first-order valence-corrected chi connectivity index (χ1v) is 7.12. The fourth-order valence-electron chi connectivity index (χ4n) is 2.34. The summed E-state index contributed by atoms with van der Waals surface area (Å²) in [5.41, 5.74) is 1.79. The summed E-state index contributed by atoms with van der Waals surface area (Å²) in [5.74, 6) is 1.92. The van der Waals surface area contributed by atoms with Gasteiger partial charge >= 0.3 is 0 Å². The molecule has 0 aliphatic carbocycles. The van der Waals surface area contributed by atoms with Crippen LogP contribution in [0.4, 0.5) is 0 Å². The Hall–Kier alpha value is -1.75. The summed E-state index contributed by atoms with van der Waals surface area (Å²) in [5, 5.41) is 8.32. The van der Waals surface area contributed by atoms with Crippen LogP contribution in [0.1, 0.15) is 50.1 Å². The minimum Gasteiger partial charge on any atom is -0.419 e. The lowest BCUT2D eigenvalue weighted by Crippen LogP contribution is -2.14. The van der Waals surface area contributed by atoms with E-state index in [-0.39, 0.29) is 0 Å². The molecule has 5 nitrogen and oxygen atoms in total. The van der Waals surface area contributed by atoms with Crippen molar-refractivity contribution < 1.29 is 9.15 Å². The third kappa shape index (κ3) is 2.72. The third-order valence-corrected chi connectivity index (χ3v) is 3.59. The summed E-state index contributed by atoms with van der Waals surface area (Å²) >= 11 is 0. The van der Waals surface area contributed by atoms with Crippen molar-refractivity contribution in [1.82, 2.24) is 15.2 Å². The van der Waals surface area contributed by atoms with E-state index in [4.69, 9.17) is 9.15 Å². The van der Waals surface area contributed by atoms with Crippen LogP contribution >= 0.6 is 0 Å². The van der Waals surface area contributed by atoms with Gasteiger partial charge in [-0.3, -0.25) is 0 Å². The normalized spacial score (nSPS) is 16.8. The van der Waals surface area contributed by atoms with Crippen LogP contribution in [-0.4, -0.2) is 28.4 Å². The molecule has 0 spiro atoms. The summed E-state index contributed by atoms with van der Waals surface area (Å²) in [6, 6.07) is 5.91. The van der Waals surface area contributed by atoms with Crippen LogP contribution in [-0.2, 0) is 4.74 Å². The van der Waals surface area contributed by atoms with Crippen molar-refractivity contribution in [3.63, 3.8) is 0 Å². The monoisotopic (exact) mass is 273 g/mol. The van der Waals surface area contributed by atoms with Crippen molar-refractivity contribution in [3.8, 4) is 11.6 Å². The Morgan fingerprint density at radius 3 is 2.70 bits per heavy atom. The minimum atomic E-state index is 0.318. The van der Waals surface area contributed by atoms with E-state index in [9.17, 15) is 0 Å². The Balaban J connectivity index is 1.84. The van der Waals surface area contributed by atoms with Crippen LogP contribution in [0.25, 0.3) is 11.6 Å². The second-order valence-electron chi connectivity index (χ2n) is 5.43. The molecule has 0 saturated carbocycles. The van der Waals surface area contributed by atoms with Gasteiger partial charge in [-0.25, -0.2) is 4.98 Å². The van der Waals surface area contributed by atoms with Gasteiger partial charge in [-0.05, 0) is 30.9 Å². The molecular formula is C15H19N3O2. The molecular weight excluding hydrogens is 254 g/mol. The molecule has 2 aromatic heterocycles. The van der Waals surface area contributed by atoms with Gasteiger partial charge in [0.2, 0.25) is 5.89 Å². The van der Waals surface area contributed by atoms with E-state index in [0.717, 1.165) is 37.4 Å². The zero-order chi connectivity index (χ0) is 13.9. The number of ether oxygens (including phenoxy) is 1. The molecule has 0 atom stereocenters. The molecule has 3 rings (SSSR count). The smallest absolute Gasteiger partial charge is 0.266 e. The molecule has 20 heavy (non-hydrogen) atoms. The molecule has 5 heteroatoms. The van der Waals surface area contributed by atoms with Gasteiger partial charge in [0, 0.05) is 24.8 Å². The second kappa shape index (κ2) is 5.71. The molecule has 0 unspecified atom stereocenters. The molecule has 0 N–H and O–H groups in total. The lowest BCUT2D eigenvalue weighted by Gasteiger charge is -2.18.